The molecule has 0 aromatic carbocycles. The smallest absolute Gasteiger partial charge is 0.326 e. The Kier molecular flexibility index (Phi) is 3.00. The van der Waals surface area contributed by atoms with Crippen LogP contribution in [0.25, 0.3) is 0 Å². The third-order valence-electron chi connectivity index (χ3n) is 1.12. The van der Waals surface area contributed by atoms with Crippen LogP contribution in [0.5, 0.6) is 0 Å². The van der Waals surface area contributed by atoms with E-state index in [9.17, 15) is 9.59 Å². The molecule has 2 N–H and O–H groups in total. The van der Waals surface area contributed by atoms with Gasteiger partial charge in [0.15, 0.2) is 0 Å². The molecule has 0 spiro atoms. The van der Waals surface area contributed by atoms with Gasteiger partial charge in [-0.2, -0.15) is 0 Å². The van der Waals surface area contributed by atoms with Gasteiger partial charge in [0.2, 0.25) is 5.91 Å². The topological polar surface area (TPSA) is 66.4 Å². The molecule has 0 fully saturated rings. The van der Waals surface area contributed by atoms with Crippen LogP contribution in [0.4, 0.5) is 0 Å². The largest absolute Gasteiger partial charge is 0.480 e. The molecule has 0 aromatic rings. The van der Waals surface area contributed by atoms with Gasteiger partial charge in [-0.25, -0.2) is 4.79 Å². The van der Waals surface area contributed by atoms with E-state index in [1.807, 2.05) is 0 Å². The third kappa shape index (κ3) is 4.71. The van der Waals surface area contributed by atoms with E-state index in [0.717, 1.165) is 0 Å². The van der Waals surface area contributed by atoms with Gasteiger partial charge in [0, 0.05) is 9.67 Å². The van der Waals surface area contributed by atoms with Crippen molar-refractivity contribution in [2.24, 2.45) is 5.89 Å². The van der Waals surface area contributed by atoms with E-state index < -0.39 is 30.2 Å². The molecule has 70 valence electrons. The van der Waals surface area contributed by atoms with Gasteiger partial charge in [0.05, 0.1) is 0 Å². The van der Waals surface area contributed by atoms with Gasteiger partial charge >= 0.3 is 5.97 Å². The van der Waals surface area contributed by atoms with Gasteiger partial charge in [0.1, 0.15) is 6.04 Å². The molecule has 12 heavy (non-hydrogen) atoms. The summed E-state index contributed by atoms with van der Waals surface area (Å²) < 4.78 is 15.0. The summed E-state index contributed by atoms with van der Waals surface area (Å²) in [7, 11) is 0. The number of carboxylic acids is 1. The van der Waals surface area contributed by atoms with E-state index in [4.69, 9.17) is 7.85 Å². The second-order valence-electron chi connectivity index (χ2n) is 2.76. The molecule has 0 heterocycles. The van der Waals surface area contributed by atoms with Crippen molar-refractivity contribution in [1.29, 1.82) is 0 Å². The lowest BCUT2D eigenvalue weighted by molar-refractivity contribution is -0.142. The van der Waals surface area contributed by atoms with Gasteiger partial charge in [-0.05, 0) is 12.3 Å². The molecule has 0 bridgehead atoms. The van der Waals surface area contributed by atoms with E-state index in [1.165, 1.54) is 20.8 Å². The molecule has 0 radical (unpaired) electrons. The normalized spacial score (nSPS) is 18.6. The Morgan fingerprint density at radius 2 is 2.17 bits per heavy atom. The number of amides is 1. The van der Waals surface area contributed by atoms with E-state index >= 15 is 0 Å². The molecule has 0 rings (SSSR count). The highest BCUT2D eigenvalue weighted by molar-refractivity contribution is 5.81. The molecule has 1 amide bonds. The number of hydrogen-bond donors (Lipinski definition) is 2. The Morgan fingerprint density at radius 1 is 1.67 bits per heavy atom. The van der Waals surface area contributed by atoms with E-state index in [2.05, 4.69) is 5.32 Å². The number of nitrogens with one attached hydrogen (secondary N) is 1. The highest BCUT2D eigenvalue weighted by Crippen LogP contribution is 2.04. The van der Waals surface area contributed by atoms with E-state index in [-0.39, 0.29) is 0 Å². The van der Waals surface area contributed by atoms with Crippen molar-refractivity contribution in [1.82, 2.24) is 5.32 Å². The predicted molar refractivity (Wildman–Crippen MR) is 44.7 cm³/mol. The first-order valence-corrected chi connectivity index (χ1v) is 3.58. The lowest BCUT2D eigenvalue weighted by Crippen LogP contribution is -2.40. The summed E-state index contributed by atoms with van der Waals surface area (Å²) in [5.41, 5.74) is 0. The summed E-state index contributed by atoms with van der Waals surface area (Å²) in [6.07, 6.45) is -1.20. The minimum absolute atomic E-state index is 0.515. The highest BCUT2D eigenvalue weighted by Gasteiger charge is 2.18. The van der Waals surface area contributed by atoms with Crippen LogP contribution < -0.4 is 5.32 Å². The Morgan fingerprint density at radius 3 is 2.42 bits per heavy atom. The molecule has 0 aliphatic carbocycles. The van der Waals surface area contributed by atoms with Crippen molar-refractivity contribution >= 4 is 11.9 Å². The average Bonchev–Trinajstić information content (AvgIpc) is 1.96. The highest BCUT2D eigenvalue weighted by atomic mass is 16.4. The number of carboxylic acid groups (broad SMARTS) is 1. The fraction of sp³-hybridized carbons (Fsp3) is 0.750. The molecule has 2 atom stereocenters. The van der Waals surface area contributed by atoms with Crippen LogP contribution in [-0.2, 0) is 9.59 Å². The number of hydrogen-bond acceptors (Lipinski definition) is 2. The van der Waals surface area contributed by atoms with Crippen LogP contribution in [-0.4, -0.2) is 23.0 Å². The molecule has 0 unspecified atom stereocenters. The number of aliphatic carboxylic acids is 1. The zero-order chi connectivity index (χ0) is 11.5. The van der Waals surface area contributed by atoms with Crippen molar-refractivity contribution < 1.29 is 17.4 Å². The molecule has 0 aliphatic rings. The van der Waals surface area contributed by atoms with Crippen LogP contribution in [0.15, 0.2) is 0 Å². The quantitative estimate of drug-likeness (QED) is 0.658. The Hall–Kier alpha value is -1.06. The Bertz CT molecular complexity index is 237. The van der Waals surface area contributed by atoms with Gasteiger partial charge in [-0.3, -0.25) is 4.79 Å². The maximum Gasteiger partial charge on any atom is 0.326 e. The molecule has 4 nitrogen and oxygen atoms in total. The number of rotatable bonds is 4. The first kappa shape index (κ1) is 7.58. The summed E-state index contributed by atoms with van der Waals surface area (Å²) in [5.74, 6) is -3.04. The molecule has 0 aromatic heterocycles. The lowest BCUT2D eigenvalue weighted by Gasteiger charge is -2.14. The van der Waals surface area contributed by atoms with Crippen LogP contribution in [0, 0.1) is 5.89 Å². The zero-order valence-corrected chi connectivity index (χ0v) is 7.42. The first-order chi connectivity index (χ1) is 6.16. The second kappa shape index (κ2) is 4.74. The molecule has 0 saturated heterocycles. The van der Waals surface area contributed by atoms with Crippen molar-refractivity contribution in [2.75, 3.05) is 0 Å². The van der Waals surface area contributed by atoms with Gasteiger partial charge in [-0.15, -0.1) is 0 Å². The summed E-state index contributed by atoms with van der Waals surface area (Å²) in [6.45, 7) is 4.05. The summed E-state index contributed by atoms with van der Waals surface area (Å²) in [6, 6.07) is -1.33. The summed E-state index contributed by atoms with van der Waals surface area (Å²) in [4.78, 5) is 21.4. The number of carbonyl (C=O) groups excluding carboxylic acids is 1. The molecular formula is C8H15NO3. The van der Waals surface area contributed by atoms with E-state index in [1.54, 1.807) is 0 Å². The minimum Gasteiger partial charge on any atom is -0.480 e. The molecule has 0 saturated carbocycles. The average molecular weight is 175 g/mol. The number of carbonyl (C=O) groups is 2. The fourth-order valence-corrected chi connectivity index (χ4v) is 0.727. The van der Waals surface area contributed by atoms with Gasteiger partial charge < -0.3 is 10.4 Å². The third-order valence-corrected chi connectivity index (χ3v) is 1.12. The maximum absolute atomic E-state index is 10.7. The standard InChI is InChI=1S/C8H15NO3/c1-5(2)4-7(8(11)12)9-6(3)10/h5,7H,4H2,1-3H3,(H,9,10)(H,11,12)/t7-/m1/s1/i4D,5D/t4-,7-. The zero-order valence-electron chi connectivity index (χ0n) is 9.42. The van der Waals surface area contributed by atoms with Crippen LogP contribution >= 0.6 is 0 Å². The van der Waals surface area contributed by atoms with Crippen LogP contribution in [0.3, 0.4) is 0 Å². The van der Waals surface area contributed by atoms with Crippen molar-refractivity contribution in [3.63, 3.8) is 0 Å². The monoisotopic (exact) mass is 175 g/mol. The Labute approximate surface area is 74.8 Å². The van der Waals surface area contributed by atoms with Crippen molar-refractivity contribution in [3.8, 4) is 0 Å². The second-order valence-corrected chi connectivity index (χ2v) is 2.76. The molecule has 4 heteroatoms. The van der Waals surface area contributed by atoms with Crippen molar-refractivity contribution in [2.45, 2.75) is 33.2 Å². The van der Waals surface area contributed by atoms with E-state index in [0.29, 0.717) is 0 Å². The van der Waals surface area contributed by atoms with Crippen LogP contribution in [0.1, 0.15) is 29.9 Å². The van der Waals surface area contributed by atoms with Gasteiger partial charge in [0.25, 0.3) is 0 Å². The summed E-state index contributed by atoms with van der Waals surface area (Å²) in [5, 5.41) is 10.9. The maximum atomic E-state index is 10.7. The summed E-state index contributed by atoms with van der Waals surface area (Å²) >= 11 is 0. The predicted octanol–water partition coefficient (Wildman–Crippen LogP) is 0.622. The SMILES string of the molecule is [2H][C@@H]([C@@H](NC(C)=O)C(=O)O)C([2H])(C)C. The first-order valence-electron chi connectivity index (χ1n) is 4.66. The molecule has 0 aliphatic heterocycles. The molecular weight excluding hydrogens is 158 g/mol. The lowest BCUT2D eigenvalue weighted by atomic mass is 10.0. The fourth-order valence-electron chi connectivity index (χ4n) is 0.727. The van der Waals surface area contributed by atoms with Crippen LogP contribution in [0.2, 0.25) is 0 Å². The Balaban J connectivity index is 4.66. The minimum atomic E-state index is -1.33. The van der Waals surface area contributed by atoms with Gasteiger partial charge in [-0.1, -0.05) is 13.8 Å². The van der Waals surface area contributed by atoms with Crippen molar-refractivity contribution in [3.05, 3.63) is 0 Å².